The van der Waals surface area contributed by atoms with Crippen molar-refractivity contribution in [3.8, 4) is 11.8 Å². The summed E-state index contributed by atoms with van der Waals surface area (Å²) in [5.74, 6) is -0.683. The lowest BCUT2D eigenvalue weighted by Gasteiger charge is -2.14. The zero-order valence-corrected chi connectivity index (χ0v) is 9.05. The third-order valence-electron chi connectivity index (χ3n) is 1.98. The Balaban J connectivity index is 3.23. The summed E-state index contributed by atoms with van der Waals surface area (Å²) in [5, 5.41) is 8.43. The fourth-order valence-electron chi connectivity index (χ4n) is 1.29. The van der Waals surface area contributed by atoms with E-state index in [1.54, 1.807) is 6.07 Å². The molecule has 0 amide bonds. The lowest BCUT2D eigenvalue weighted by atomic mass is 10.1. The predicted octanol–water partition coefficient (Wildman–Crippen LogP) is 3.29. The van der Waals surface area contributed by atoms with E-state index >= 15 is 0 Å². The molecule has 1 heterocycles. The lowest BCUT2D eigenvalue weighted by molar-refractivity contribution is -0.275. The molecule has 0 spiro atoms. The summed E-state index contributed by atoms with van der Waals surface area (Å²) in [4.78, 5) is 3.35. The molecule has 0 aliphatic heterocycles. The van der Waals surface area contributed by atoms with Crippen LogP contribution in [0.15, 0.2) is 6.07 Å². The van der Waals surface area contributed by atoms with E-state index in [0.29, 0.717) is 0 Å². The van der Waals surface area contributed by atoms with Crippen LogP contribution in [0.4, 0.5) is 22.0 Å². The minimum Gasteiger partial charge on any atom is -0.404 e. The number of pyridine rings is 1. The second-order valence-corrected chi connectivity index (χ2v) is 3.30. The van der Waals surface area contributed by atoms with Crippen molar-refractivity contribution in [2.45, 2.75) is 26.1 Å². The van der Waals surface area contributed by atoms with Crippen molar-refractivity contribution in [2.75, 3.05) is 0 Å². The van der Waals surface area contributed by atoms with Gasteiger partial charge in [-0.3, -0.25) is 0 Å². The van der Waals surface area contributed by atoms with E-state index < -0.39 is 30.7 Å². The molecule has 8 heteroatoms. The highest BCUT2D eigenvalue weighted by Gasteiger charge is 2.32. The van der Waals surface area contributed by atoms with E-state index in [0.717, 1.165) is 13.0 Å². The fourth-order valence-corrected chi connectivity index (χ4v) is 1.29. The molecule has 0 atom stereocenters. The minimum atomic E-state index is -4.94. The first-order valence-electron chi connectivity index (χ1n) is 4.66. The first kappa shape index (κ1) is 14.2. The Labute approximate surface area is 98.8 Å². The van der Waals surface area contributed by atoms with E-state index in [4.69, 9.17) is 5.26 Å². The summed E-state index contributed by atoms with van der Waals surface area (Å²) in [7, 11) is 0. The number of ether oxygens (including phenoxy) is 1. The van der Waals surface area contributed by atoms with E-state index in [9.17, 15) is 22.0 Å². The topological polar surface area (TPSA) is 45.9 Å². The number of nitrogens with zero attached hydrogens (tertiary/aromatic N) is 2. The van der Waals surface area contributed by atoms with Crippen LogP contribution >= 0.6 is 0 Å². The van der Waals surface area contributed by atoms with Crippen molar-refractivity contribution >= 4 is 0 Å². The maximum atomic E-state index is 12.6. The number of hydrogen-bond donors (Lipinski definition) is 0. The first-order valence-corrected chi connectivity index (χ1v) is 4.66. The van der Waals surface area contributed by atoms with Crippen LogP contribution in [0.2, 0.25) is 0 Å². The summed E-state index contributed by atoms with van der Waals surface area (Å²) >= 11 is 0. The standard InChI is InChI=1S/C10H7F5N2O/c1-5-7(18-10(13,14)15)4-6(2-3-16)8(17-5)9(11)12/h4,9H,2H2,1H3. The Kier molecular flexibility index (Phi) is 4.06. The van der Waals surface area contributed by atoms with Crippen LogP contribution in [0.5, 0.6) is 5.75 Å². The number of halogens is 5. The van der Waals surface area contributed by atoms with Gasteiger partial charge in [0.2, 0.25) is 0 Å². The molecule has 0 aliphatic rings. The molecule has 0 unspecified atom stereocenters. The highest BCUT2D eigenvalue weighted by atomic mass is 19.4. The fraction of sp³-hybridized carbons (Fsp3) is 0.400. The first-order chi connectivity index (χ1) is 8.24. The second-order valence-electron chi connectivity index (χ2n) is 3.30. The van der Waals surface area contributed by atoms with Gasteiger partial charge < -0.3 is 4.74 Å². The van der Waals surface area contributed by atoms with Gasteiger partial charge in [-0.1, -0.05) is 0 Å². The molecule has 0 N–H and O–H groups in total. The summed E-state index contributed by atoms with van der Waals surface area (Å²) in [5.41, 5.74) is -1.30. The molecule has 18 heavy (non-hydrogen) atoms. The average molecular weight is 266 g/mol. The van der Waals surface area contributed by atoms with Gasteiger partial charge >= 0.3 is 6.36 Å². The van der Waals surface area contributed by atoms with Gasteiger partial charge in [-0.05, 0) is 18.6 Å². The minimum absolute atomic E-state index is 0.280. The van der Waals surface area contributed by atoms with Crippen LogP contribution in [0.1, 0.15) is 23.4 Å². The molecule has 0 aliphatic carbocycles. The summed E-state index contributed by atoms with van der Waals surface area (Å²) < 4.78 is 64.9. The molecule has 1 aromatic heterocycles. The van der Waals surface area contributed by atoms with Gasteiger partial charge in [0, 0.05) is 0 Å². The van der Waals surface area contributed by atoms with Crippen LogP contribution in [0, 0.1) is 18.3 Å². The Morgan fingerprint density at radius 2 is 2.06 bits per heavy atom. The zero-order valence-electron chi connectivity index (χ0n) is 9.05. The van der Waals surface area contributed by atoms with E-state index in [1.165, 1.54) is 0 Å². The normalized spacial score (nSPS) is 11.4. The quantitative estimate of drug-likeness (QED) is 0.788. The zero-order chi connectivity index (χ0) is 13.9. The van der Waals surface area contributed by atoms with Gasteiger partial charge in [-0.25, -0.2) is 13.8 Å². The van der Waals surface area contributed by atoms with Crippen LogP contribution < -0.4 is 4.74 Å². The predicted molar refractivity (Wildman–Crippen MR) is 49.9 cm³/mol. The average Bonchev–Trinajstić information content (AvgIpc) is 2.20. The molecule has 1 aromatic rings. The Bertz CT molecular complexity index is 478. The van der Waals surface area contributed by atoms with Crippen molar-refractivity contribution in [1.29, 1.82) is 5.26 Å². The maximum absolute atomic E-state index is 12.6. The Morgan fingerprint density at radius 1 is 1.44 bits per heavy atom. The van der Waals surface area contributed by atoms with E-state index in [-0.39, 0.29) is 11.3 Å². The van der Waals surface area contributed by atoms with Gasteiger partial charge in [-0.15, -0.1) is 13.2 Å². The molecular weight excluding hydrogens is 259 g/mol. The monoisotopic (exact) mass is 266 g/mol. The maximum Gasteiger partial charge on any atom is 0.573 e. The second kappa shape index (κ2) is 5.16. The Morgan fingerprint density at radius 3 is 2.50 bits per heavy atom. The van der Waals surface area contributed by atoms with Gasteiger partial charge in [0.25, 0.3) is 6.43 Å². The molecule has 3 nitrogen and oxygen atoms in total. The van der Waals surface area contributed by atoms with Crippen molar-refractivity contribution in [1.82, 2.24) is 4.98 Å². The van der Waals surface area contributed by atoms with Gasteiger partial charge in [-0.2, -0.15) is 5.26 Å². The molecule has 0 radical (unpaired) electrons. The highest BCUT2D eigenvalue weighted by Crippen LogP contribution is 2.30. The smallest absolute Gasteiger partial charge is 0.404 e. The number of rotatable bonds is 3. The third kappa shape index (κ3) is 3.55. The number of nitriles is 1. The largest absolute Gasteiger partial charge is 0.573 e. The number of alkyl halides is 5. The molecular formula is C10H7F5N2O. The van der Waals surface area contributed by atoms with Gasteiger partial charge in [0.05, 0.1) is 18.2 Å². The molecule has 98 valence electrons. The molecule has 0 saturated heterocycles. The molecule has 1 rings (SSSR count). The molecule has 0 fully saturated rings. The third-order valence-corrected chi connectivity index (χ3v) is 1.98. The lowest BCUT2D eigenvalue weighted by Crippen LogP contribution is -2.18. The van der Waals surface area contributed by atoms with Crippen molar-refractivity contribution in [3.05, 3.63) is 23.0 Å². The van der Waals surface area contributed by atoms with E-state index in [2.05, 4.69) is 9.72 Å². The SMILES string of the molecule is Cc1nc(C(F)F)c(CC#N)cc1OC(F)(F)F. The van der Waals surface area contributed by atoms with Crippen molar-refractivity contribution in [3.63, 3.8) is 0 Å². The number of hydrogen-bond acceptors (Lipinski definition) is 3. The van der Waals surface area contributed by atoms with Crippen LogP contribution in [-0.4, -0.2) is 11.3 Å². The van der Waals surface area contributed by atoms with Gasteiger partial charge in [0.1, 0.15) is 5.69 Å². The van der Waals surface area contributed by atoms with Crippen molar-refractivity contribution in [2.24, 2.45) is 0 Å². The van der Waals surface area contributed by atoms with Crippen LogP contribution in [-0.2, 0) is 6.42 Å². The molecule has 0 aromatic carbocycles. The summed E-state index contributed by atoms with van der Waals surface area (Å²) in [6.07, 6.45) is -8.38. The molecule has 0 saturated carbocycles. The van der Waals surface area contributed by atoms with E-state index in [1.807, 2.05) is 0 Å². The van der Waals surface area contributed by atoms with Crippen molar-refractivity contribution < 1.29 is 26.7 Å². The number of aromatic nitrogens is 1. The summed E-state index contributed by atoms with van der Waals surface area (Å²) in [6, 6.07) is 2.34. The van der Waals surface area contributed by atoms with Crippen LogP contribution in [0.3, 0.4) is 0 Å². The molecule has 0 bridgehead atoms. The van der Waals surface area contributed by atoms with Crippen LogP contribution in [0.25, 0.3) is 0 Å². The van der Waals surface area contributed by atoms with Gasteiger partial charge in [0.15, 0.2) is 5.75 Å². The summed E-state index contributed by atoms with van der Waals surface area (Å²) in [6.45, 7) is 1.11. The number of aryl methyl sites for hydroxylation is 1. The highest BCUT2D eigenvalue weighted by molar-refractivity contribution is 5.37. The Hall–Kier alpha value is -1.91.